The fourth-order valence-corrected chi connectivity index (χ4v) is 13.3. The molecule has 2 N–H and O–H groups in total. The van der Waals surface area contributed by atoms with Crippen LogP contribution < -0.4 is 31.7 Å². The summed E-state index contributed by atoms with van der Waals surface area (Å²) in [5, 5.41) is 6.13. The first kappa shape index (κ1) is 22.1. The average molecular weight is 474 g/mol. The summed E-state index contributed by atoms with van der Waals surface area (Å²) in [4.78, 5) is 0. The number of anilines is 1. The molecule has 0 aliphatic rings. The normalized spacial score (nSPS) is 11.4. The molecular weight excluding hydrogens is 447 g/mol. The van der Waals surface area contributed by atoms with Gasteiger partial charge in [-0.05, 0) is 38.1 Å². The van der Waals surface area contributed by atoms with E-state index in [1.807, 2.05) is 12.1 Å². The summed E-state index contributed by atoms with van der Waals surface area (Å²) in [5.41, 5.74) is 7.09. The Morgan fingerprint density at radius 2 is 0.882 bits per heavy atom. The van der Waals surface area contributed by atoms with Gasteiger partial charge in [0, 0.05) is 5.69 Å². The van der Waals surface area contributed by atoms with Crippen molar-refractivity contribution in [2.24, 2.45) is 0 Å². The highest BCUT2D eigenvalue weighted by molar-refractivity contribution is 7.11. The molecule has 2 nitrogen and oxygen atoms in total. The Hall–Kier alpha value is -3.71. The van der Waals surface area contributed by atoms with Crippen molar-refractivity contribution in [3.63, 3.8) is 0 Å². The second-order valence-corrected chi connectivity index (χ2v) is 14.5. The molecule has 0 spiro atoms. The number of benzene rings is 5. The van der Waals surface area contributed by atoms with Gasteiger partial charge in [-0.15, -0.1) is 0 Å². The van der Waals surface area contributed by atoms with Crippen molar-refractivity contribution in [1.29, 1.82) is 0 Å². The van der Waals surface area contributed by atoms with Crippen LogP contribution in [0.5, 0.6) is 0 Å². The molecule has 0 saturated heterocycles. The maximum absolute atomic E-state index is 7.65. The molecule has 0 radical (unpaired) electrons. The highest BCUT2D eigenvalue weighted by Gasteiger charge is 2.44. The van der Waals surface area contributed by atoms with E-state index in [4.69, 9.17) is 9.85 Å². The van der Waals surface area contributed by atoms with E-state index >= 15 is 0 Å². The lowest BCUT2D eigenvalue weighted by atomic mass is 10.3. The molecule has 5 rings (SSSR count). The van der Waals surface area contributed by atoms with Crippen LogP contribution in [0.2, 0.25) is 0 Å². The first-order chi connectivity index (χ1) is 16.8. The van der Waals surface area contributed by atoms with E-state index in [1.54, 1.807) is 0 Å². The van der Waals surface area contributed by atoms with Gasteiger partial charge in [0.25, 0.3) is 8.32 Å². The van der Waals surface area contributed by atoms with Crippen molar-refractivity contribution in [3.05, 3.63) is 146 Å². The highest BCUT2D eigenvalue weighted by Crippen LogP contribution is 2.14. The predicted molar refractivity (Wildman–Crippen MR) is 149 cm³/mol. The SMILES string of the molecule is Nc1cccc([Si](O[SiH](c2ccccc2)c2ccccc2)(c2ccccc2)c2ccccc2)c1. The Morgan fingerprint density at radius 3 is 1.32 bits per heavy atom. The van der Waals surface area contributed by atoms with Crippen molar-refractivity contribution in [2.45, 2.75) is 0 Å². The molecule has 5 aromatic carbocycles. The van der Waals surface area contributed by atoms with Crippen LogP contribution in [0.3, 0.4) is 0 Å². The zero-order valence-electron chi connectivity index (χ0n) is 18.9. The molecule has 0 aromatic heterocycles. The second kappa shape index (κ2) is 10.1. The molecule has 0 aliphatic carbocycles. The Morgan fingerprint density at radius 1 is 0.471 bits per heavy atom. The number of hydrogen-bond donors (Lipinski definition) is 1. The third-order valence-corrected chi connectivity index (χ3v) is 13.9. The average Bonchev–Trinajstić information content (AvgIpc) is 2.92. The number of nitrogen functional groups attached to an aromatic ring is 1. The minimum atomic E-state index is -2.90. The van der Waals surface area contributed by atoms with Crippen LogP contribution >= 0.6 is 0 Å². The molecule has 5 aromatic rings. The smallest absolute Gasteiger partial charge is 0.278 e. The van der Waals surface area contributed by atoms with Gasteiger partial charge in [-0.1, -0.05) is 133 Å². The van der Waals surface area contributed by atoms with Crippen molar-refractivity contribution < 1.29 is 4.12 Å². The van der Waals surface area contributed by atoms with Gasteiger partial charge in [0.2, 0.25) is 9.04 Å². The van der Waals surface area contributed by atoms with E-state index in [0.717, 1.165) is 10.9 Å². The summed E-state index contributed by atoms with van der Waals surface area (Å²) < 4.78 is 7.65. The van der Waals surface area contributed by atoms with Crippen LogP contribution in [-0.2, 0) is 4.12 Å². The van der Waals surface area contributed by atoms with Crippen molar-refractivity contribution in [2.75, 3.05) is 5.73 Å². The molecule has 0 saturated carbocycles. The maximum atomic E-state index is 7.65. The second-order valence-electron chi connectivity index (χ2n) is 8.36. The topological polar surface area (TPSA) is 35.2 Å². The Balaban J connectivity index is 1.80. The minimum Gasteiger partial charge on any atom is -0.441 e. The van der Waals surface area contributed by atoms with Crippen LogP contribution in [0, 0.1) is 0 Å². The lowest BCUT2D eigenvalue weighted by Crippen LogP contribution is -2.73. The zero-order chi connectivity index (χ0) is 23.2. The fraction of sp³-hybridized carbons (Fsp3) is 0. The summed E-state index contributed by atoms with van der Waals surface area (Å²) in [6.07, 6.45) is 0. The van der Waals surface area contributed by atoms with Crippen LogP contribution in [0.15, 0.2) is 146 Å². The first-order valence-electron chi connectivity index (χ1n) is 11.5. The first-order valence-corrected chi connectivity index (χ1v) is 15.1. The minimum absolute atomic E-state index is 0.752. The van der Waals surface area contributed by atoms with E-state index in [-0.39, 0.29) is 0 Å². The Kier molecular flexibility index (Phi) is 6.54. The van der Waals surface area contributed by atoms with Gasteiger partial charge in [0.05, 0.1) is 0 Å². The summed E-state index contributed by atoms with van der Waals surface area (Å²) in [6.45, 7) is 0. The van der Waals surface area contributed by atoms with E-state index in [9.17, 15) is 0 Å². The molecule has 0 bridgehead atoms. The molecule has 0 unspecified atom stereocenters. The van der Waals surface area contributed by atoms with Crippen LogP contribution in [0.25, 0.3) is 0 Å². The largest absolute Gasteiger partial charge is 0.441 e. The molecule has 0 heterocycles. The quantitative estimate of drug-likeness (QED) is 0.224. The van der Waals surface area contributed by atoms with E-state index in [2.05, 4.69) is 133 Å². The summed E-state index contributed by atoms with van der Waals surface area (Å²) in [6, 6.07) is 51.1. The van der Waals surface area contributed by atoms with Gasteiger partial charge in [-0.25, -0.2) is 0 Å². The standard InChI is InChI=1S/C30H27NOSi2/c31-25-14-13-23-30(24-25)34(28-19-9-3-10-20-28,29-21-11-4-12-22-29)32-33(26-15-5-1-6-16-26)27-17-7-2-8-18-27/h1-24,33H,31H2. The number of rotatable bonds is 7. The fourth-order valence-electron chi connectivity index (χ4n) is 4.57. The van der Waals surface area contributed by atoms with Crippen molar-refractivity contribution >= 4 is 49.0 Å². The van der Waals surface area contributed by atoms with Gasteiger partial charge in [-0.3, -0.25) is 0 Å². The lowest BCUT2D eigenvalue weighted by Gasteiger charge is -2.37. The molecule has 166 valence electrons. The van der Waals surface area contributed by atoms with Crippen molar-refractivity contribution in [3.8, 4) is 0 Å². The summed E-state index contributed by atoms with van der Waals surface area (Å²) >= 11 is 0. The van der Waals surface area contributed by atoms with E-state index in [0.29, 0.717) is 0 Å². The third kappa shape index (κ3) is 4.39. The predicted octanol–water partition coefficient (Wildman–Crippen LogP) is 2.79. The van der Waals surface area contributed by atoms with Gasteiger partial charge in [0.1, 0.15) is 0 Å². The van der Waals surface area contributed by atoms with Gasteiger partial charge in [-0.2, -0.15) is 0 Å². The summed E-state index contributed by atoms with van der Waals surface area (Å²) in [5.74, 6) is 0. The van der Waals surface area contributed by atoms with E-state index in [1.165, 1.54) is 20.7 Å². The molecule has 4 heteroatoms. The Labute approximate surface area is 204 Å². The lowest BCUT2D eigenvalue weighted by molar-refractivity contribution is 0.616. The van der Waals surface area contributed by atoms with Gasteiger partial charge in [0.15, 0.2) is 0 Å². The van der Waals surface area contributed by atoms with Gasteiger partial charge < -0.3 is 9.85 Å². The number of nitrogens with two attached hydrogens (primary N) is 1. The van der Waals surface area contributed by atoms with E-state index < -0.39 is 17.4 Å². The molecule has 0 atom stereocenters. The van der Waals surface area contributed by atoms with Crippen LogP contribution in [0.4, 0.5) is 5.69 Å². The zero-order valence-corrected chi connectivity index (χ0v) is 21.1. The highest BCUT2D eigenvalue weighted by atomic mass is 28.4. The molecule has 34 heavy (non-hydrogen) atoms. The van der Waals surface area contributed by atoms with Crippen LogP contribution in [0.1, 0.15) is 0 Å². The van der Waals surface area contributed by atoms with Crippen LogP contribution in [-0.4, -0.2) is 17.4 Å². The molecule has 0 amide bonds. The third-order valence-electron chi connectivity index (χ3n) is 6.15. The molecular formula is C30H27NOSi2. The van der Waals surface area contributed by atoms with Crippen molar-refractivity contribution in [1.82, 2.24) is 0 Å². The van der Waals surface area contributed by atoms with Gasteiger partial charge >= 0.3 is 0 Å². The monoisotopic (exact) mass is 473 g/mol. The summed E-state index contributed by atoms with van der Waals surface area (Å²) in [7, 11) is -4.98. The Bertz CT molecular complexity index is 1250. The molecule has 0 aliphatic heterocycles. The number of hydrogen-bond acceptors (Lipinski definition) is 2. The molecule has 0 fully saturated rings. The maximum Gasteiger partial charge on any atom is 0.278 e.